The van der Waals surface area contributed by atoms with Crippen molar-refractivity contribution in [3.8, 4) is 11.6 Å². The van der Waals surface area contributed by atoms with E-state index in [2.05, 4.69) is 4.98 Å². The summed E-state index contributed by atoms with van der Waals surface area (Å²) in [5.41, 5.74) is -0.880. The van der Waals surface area contributed by atoms with Crippen LogP contribution in [0.3, 0.4) is 0 Å². The fourth-order valence-electron chi connectivity index (χ4n) is 2.10. The Hall–Kier alpha value is -2.90. The van der Waals surface area contributed by atoms with Crippen molar-refractivity contribution in [3.05, 3.63) is 60.3 Å². The van der Waals surface area contributed by atoms with Crippen LogP contribution in [0.25, 0.3) is 5.69 Å². The zero-order chi connectivity index (χ0) is 15.7. The van der Waals surface area contributed by atoms with E-state index in [0.29, 0.717) is 5.56 Å². The minimum absolute atomic E-state index is 0.0746. The normalized spacial score (nSPS) is 10.6. The third-order valence-electron chi connectivity index (χ3n) is 3.17. The van der Waals surface area contributed by atoms with Gasteiger partial charge in [0.05, 0.1) is 16.2 Å². The number of aromatic nitrogens is 2. The first-order valence-electron chi connectivity index (χ1n) is 6.19. The summed E-state index contributed by atoms with van der Waals surface area (Å²) in [5, 5.41) is 20.9. The summed E-state index contributed by atoms with van der Waals surface area (Å²) in [6.07, 6.45) is 0.243. The Morgan fingerprint density at radius 1 is 1.38 bits per heavy atom. The fourth-order valence-corrected chi connectivity index (χ4v) is 2.10. The highest BCUT2D eigenvalue weighted by Gasteiger charge is 2.16. The minimum Gasteiger partial charge on any atom is -0.494 e. The number of aromatic hydroxyl groups is 1. The number of aryl methyl sites for hydroxylation is 1. The molecule has 1 aromatic carbocycles. The molecule has 8 nitrogen and oxygen atoms in total. The van der Waals surface area contributed by atoms with Crippen molar-refractivity contribution in [1.82, 2.24) is 9.55 Å². The third kappa shape index (κ3) is 2.42. The van der Waals surface area contributed by atoms with Crippen LogP contribution < -0.4 is 11.2 Å². The predicted molar refractivity (Wildman–Crippen MR) is 75.1 cm³/mol. The Kier molecular flexibility index (Phi) is 3.62. The zero-order valence-electron chi connectivity index (χ0n) is 11.4. The second-order valence-corrected chi connectivity index (χ2v) is 4.48. The summed E-state index contributed by atoms with van der Waals surface area (Å²) in [7, 11) is 0. The molecule has 0 aliphatic carbocycles. The van der Waals surface area contributed by atoms with Gasteiger partial charge in [-0.1, -0.05) is 6.92 Å². The average Bonchev–Trinajstić information content (AvgIpc) is 2.38. The molecule has 0 saturated carbocycles. The second-order valence-electron chi connectivity index (χ2n) is 4.48. The van der Waals surface area contributed by atoms with Gasteiger partial charge in [-0.25, -0.2) is 9.36 Å². The highest BCUT2D eigenvalue weighted by atomic mass is 16.6. The summed E-state index contributed by atoms with van der Waals surface area (Å²) >= 11 is 0. The van der Waals surface area contributed by atoms with Crippen LogP contribution in [0, 0.1) is 17.0 Å². The smallest absolute Gasteiger partial charge is 0.335 e. The Morgan fingerprint density at radius 3 is 2.57 bits per heavy atom. The molecule has 0 unspecified atom stereocenters. The number of nitrogens with one attached hydrogen (secondary N) is 1. The molecule has 21 heavy (non-hydrogen) atoms. The van der Waals surface area contributed by atoms with Crippen molar-refractivity contribution in [2.24, 2.45) is 0 Å². The fraction of sp³-hybridized carbons (Fsp3) is 0.231. The lowest BCUT2D eigenvalue weighted by Crippen LogP contribution is -2.31. The first-order chi connectivity index (χ1) is 9.86. The molecule has 0 fully saturated rings. The molecule has 0 aliphatic heterocycles. The molecular formula is C13H13N3O5. The van der Waals surface area contributed by atoms with E-state index in [9.17, 15) is 24.8 Å². The molecule has 2 N–H and O–H groups in total. The number of hydrogen-bond donors (Lipinski definition) is 2. The van der Waals surface area contributed by atoms with Gasteiger partial charge in [-0.15, -0.1) is 0 Å². The predicted octanol–water partition coefficient (Wildman–Crippen LogP) is 1.01. The molecule has 2 rings (SSSR count). The summed E-state index contributed by atoms with van der Waals surface area (Å²) < 4.78 is 0.914. The number of nitro benzene ring substituents is 1. The van der Waals surface area contributed by atoms with Gasteiger partial charge in [-0.05, 0) is 25.5 Å². The van der Waals surface area contributed by atoms with Crippen molar-refractivity contribution in [3.63, 3.8) is 0 Å². The van der Waals surface area contributed by atoms with E-state index < -0.39 is 22.1 Å². The monoisotopic (exact) mass is 291 g/mol. The van der Waals surface area contributed by atoms with Gasteiger partial charge >= 0.3 is 5.69 Å². The number of benzene rings is 1. The van der Waals surface area contributed by atoms with Crippen LogP contribution in [0.1, 0.15) is 18.1 Å². The molecule has 1 aromatic heterocycles. The molecular weight excluding hydrogens is 278 g/mol. The van der Waals surface area contributed by atoms with E-state index in [1.165, 1.54) is 25.1 Å². The quantitative estimate of drug-likeness (QED) is 0.646. The first-order valence-corrected chi connectivity index (χ1v) is 6.19. The number of nitrogens with zero attached hydrogens (tertiary/aromatic N) is 2. The third-order valence-corrected chi connectivity index (χ3v) is 3.17. The summed E-state index contributed by atoms with van der Waals surface area (Å²) in [5.74, 6) is -0.459. The van der Waals surface area contributed by atoms with E-state index in [1.807, 2.05) is 0 Å². The van der Waals surface area contributed by atoms with Crippen molar-refractivity contribution < 1.29 is 10.0 Å². The number of rotatable bonds is 3. The zero-order valence-corrected chi connectivity index (χ0v) is 11.4. The van der Waals surface area contributed by atoms with Gasteiger partial charge in [0.25, 0.3) is 11.2 Å². The molecule has 0 saturated heterocycles. The largest absolute Gasteiger partial charge is 0.494 e. The highest BCUT2D eigenvalue weighted by Crippen LogP contribution is 2.23. The summed E-state index contributed by atoms with van der Waals surface area (Å²) in [4.78, 5) is 35.8. The van der Waals surface area contributed by atoms with Crippen molar-refractivity contribution >= 4 is 5.69 Å². The lowest BCUT2D eigenvalue weighted by atomic mass is 10.1. The molecule has 2 aromatic rings. The van der Waals surface area contributed by atoms with Crippen molar-refractivity contribution in [2.75, 3.05) is 0 Å². The van der Waals surface area contributed by atoms with Crippen molar-refractivity contribution in [2.45, 2.75) is 20.3 Å². The molecule has 1 heterocycles. The van der Waals surface area contributed by atoms with Crippen LogP contribution in [-0.2, 0) is 6.42 Å². The van der Waals surface area contributed by atoms with Gasteiger partial charge in [0.15, 0.2) is 0 Å². The average molecular weight is 291 g/mol. The number of aromatic amines is 1. The van der Waals surface area contributed by atoms with E-state index in [4.69, 9.17) is 0 Å². The molecule has 0 aliphatic rings. The first kappa shape index (κ1) is 14.5. The SMILES string of the molecule is CCc1c(O)n(-c2ccc([N+](=O)[O-])c(C)c2)c(=O)[nH]c1=O. The van der Waals surface area contributed by atoms with Crippen LogP contribution in [-0.4, -0.2) is 19.6 Å². The highest BCUT2D eigenvalue weighted by molar-refractivity contribution is 5.49. The van der Waals surface area contributed by atoms with Crippen LogP contribution in [0.2, 0.25) is 0 Å². The topological polar surface area (TPSA) is 118 Å². The van der Waals surface area contributed by atoms with Crippen LogP contribution >= 0.6 is 0 Å². The van der Waals surface area contributed by atoms with Crippen molar-refractivity contribution in [1.29, 1.82) is 0 Å². The Morgan fingerprint density at radius 2 is 2.05 bits per heavy atom. The molecule has 0 radical (unpaired) electrons. The number of nitro groups is 1. The van der Waals surface area contributed by atoms with Crippen LogP contribution in [0.5, 0.6) is 5.88 Å². The Bertz CT molecular complexity index is 835. The number of H-pyrrole nitrogens is 1. The lowest BCUT2D eigenvalue weighted by Gasteiger charge is -2.11. The standard InChI is InChI=1S/C13H13N3O5/c1-3-9-11(17)14-13(19)15(12(9)18)8-4-5-10(16(20)21)7(2)6-8/h4-6,18H,3H2,1-2H3,(H,14,17,19). The van der Waals surface area contributed by atoms with Gasteiger partial charge in [-0.2, -0.15) is 0 Å². The Balaban J connectivity index is 2.74. The summed E-state index contributed by atoms with van der Waals surface area (Å²) in [6.45, 7) is 3.19. The maximum atomic E-state index is 11.9. The van der Waals surface area contributed by atoms with E-state index >= 15 is 0 Å². The maximum Gasteiger partial charge on any atom is 0.335 e. The van der Waals surface area contributed by atoms with E-state index in [-0.39, 0.29) is 23.4 Å². The molecule has 0 spiro atoms. The minimum atomic E-state index is -0.803. The van der Waals surface area contributed by atoms with Gasteiger partial charge in [-0.3, -0.25) is 19.9 Å². The summed E-state index contributed by atoms with van der Waals surface area (Å²) in [6, 6.07) is 3.98. The van der Waals surface area contributed by atoms with Crippen LogP contribution in [0.15, 0.2) is 27.8 Å². The van der Waals surface area contributed by atoms with E-state index in [1.54, 1.807) is 6.92 Å². The van der Waals surface area contributed by atoms with E-state index in [0.717, 1.165) is 4.57 Å². The molecule has 8 heteroatoms. The molecule has 0 bridgehead atoms. The van der Waals surface area contributed by atoms with Gasteiger partial charge in [0.2, 0.25) is 5.88 Å². The second kappa shape index (κ2) is 5.23. The molecule has 0 amide bonds. The Labute approximate surface area is 118 Å². The van der Waals surface area contributed by atoms with Gasteiger partial charge in [0.1, 0.15) is 0 Å². The molecule has 0 atom stereocenters. The molecule has 110 valence electrons. The lowest BCUT2D eigenvalue weighted by molar-refractivity contribution is -0.385. The van der Waals surface area contributed by atoms with Gasteiger partial charge < -0.3 is 5.11 Å². The van der Waals surface area contributed by atoms with Gasteiger partial charge in [0, 0.05) is 11.6 Å². The van der Waals surface area contributed by atoms with Crippen LogP contribution in [0.4, 0.5) is 5.69 Å². The number of hydrogen-bond acceptors (Lipinski definition) is 5. The maximum absolute atomic E-state index is 11.9.